The smallest absolute Gasteiger partial charge is 0.227 e. The number of fused-ring (bicyclic) bond motifs is 1. The number of hydrogen-bond acceptors (Lipinski definition) is 1. The maximum Gasteiger partial charge on any atom is 0.227 e. The van der Waals surface area contributed by atoms with E-state index < -0.39 is 0 Å². The summed E-state index contributed by atoms with van der Waals surface area (Å²) in [6, 6.07) is 9.76. The molecule has 0 radical (unpaired) electrons. The van der Waals surface area contributed by atoms with Crippen LogP contribution in [0.1, 0.15) is 23.2 Å². The predicted octanol–water partition coefficient (Wildman–Crippen LogP) is 2.03. The fourth-order valence-electron chi connectivity index (χ4n) is 2.40. The standard InChI is InChI=1S/C12H13OS/c13-11(9-5-2-1-3-6-9)12-10-7-4-8-14(10)12/h1-3,5-6,10,12H,4,7-8H2/q+1. The summed E-state index contributed by atoms with van der Waals surface area (Å²) in [5, 5.41) is 1.17. The summed E-state index contributed by atoms with van der Waals surface area (Å²) in [6.45, 7) is 0. The second-order valence-electron chi connectivity index (χ2n) is 4.01. The average Bonchev–Trinajstić information content (AvgIpc) is 2.72. The fraction of sp³-hybridized carbons (Fsp3) is 0.417. The van der Waals surface area contributed by atoms with E-state index in [0.717, 1.165) is 10.8 Å². The maximum atomic E-state index is 12.0. The summed E-state index contributed by atoms with van der Waals surface area (Å²) in [7, 11) is 0.476. The normalized spacial score (nSPS) is 33.9. The molecule has 2 saturated heterocycles. The van der Waals surface area contributed by atoms with Gasteiger partial charge in [0.25, 0.3) is 0 Å². The molecule has 2 aliphatic heterocycles. The second kappa shape index (κ2) is 3.13. The van der Waals surface area contributed by atoms with Gasteiger partial charge in [-0.2, -0.15) is 0 Å². The molecule has 1 aromatic rings. The van der Waals surface area contributed by atoms with Gasteiger partial charge in [-0.3, -0.25) is 4.79 Å². The molecule has 0 bridgehead atoms. The van der Waals surface area contributed by atoms with Crippen LogP contribution in [0, 0.1) is 0 Å². The molecule has 0 N–H and O–H groups in total. The summed E-state index contributed by atoms with van der Waals surface area (Å²) in [6.07, 6.45) is 2.65. The van der Waals surface area contributed by atoms with Crippen LogP contribution >= 0.6 is 0 Å². The minimum Gasteiger partial charge on any atom is -0.288 e. The van der Waals surface area contributed by atoms with Gasteiger partial charge in [0.1, 0.15) is 5.75 Å². The predicted molar refractivity (Wildman–Crippen MR) is 59.8 cm³/mol. The van der Waals surface area contributed by atoms with Gasteiger partial charge in [0.2, 0.25) is 11.0 Å². The Kier molecular flexibility index (Phi) is 1.91. The van der Waals surface area contributed by atoms with Gasteiger partial charge < -0.3 is 0 Å². The Morgan fingerprint density at radius 3 is 2.71 bits per heavy atom. The first-order chi connectivity index (χ1) is 6.88. The van der Waals surface area contributed by atoms with Gasteiger partial charge in [-0.25, -0.2) is 0 Å². The largest absolute Gasteiger partial charge is 0.288 e. The zero-order valence-corrected chi connectivity index (χ0v) is 8.80. The molecule has 0 spiro atoms. The number of ketones is 1. The van der Waals surface area contributed by atoms with Gasteiger partial charge in [-0.1, -0.05) is 30.3 Å². The van der Waals surface area contributed by atoms with Crippen LogP contribution in [0.5, 0.6) is 0 Å². The number of rotatable bonds is 2. The summed E-state index contributed by atoms with van der Waals surface area (Å²) in [4.78, 5) is 12.0. The SMILES string of the molecule is O=C(c1ccccc1)C1C2CCC[S+]21. The molecule has 1 nitrogen and oxygen atoms in total. The van der Waals surface area contributed by atoms with E-state index in [4.69, 9.17) is 0 Å². The highest BCUT2D eigenvalue weighted by Gasteiger charge is 2.68. The van der Waals surface area contributed by atoms with E-state index in [1.54, 1.807) is 0 Å². The van der Waals surface area contributed by atoms with Crippen LogP contribution < -0.4 is 0 Å². The van der Waals surface area contributed by atoms with E-state index in [9.17, 15) is 4.79 Å². The number of benzene rings is 1. The van der Waals surface area contributed by atoms with Crippen molar-refractivity contribution in [2.45, 2.75) is 23.3 Å². The van der Waals surface area contributed by atoms with Crippen molar-refractivity contribution in [3.05, 3.63) is 35.9 Å². The first-order valence-corrected chi connectivity index (χ1v) is 6.68. The van der Waals surface area contributed by atoms with E-state index in [-0.39, 0.29) is 0 Å². The molecular weight excluding hydrogens is 192 g/mol. The molecule has 0 aliphatic carbocycles. The monoisotopic (exact) mass is 205 g/mol. The Morgan fingerprint density at radius 2 is 2.07 bits per heavy atom. The van der Waals surface area contributed by atoms with E-state index in [1.807, 2.05) is 30.3 Å². The summed E-state index contributed by atoms with van der Waals surface area (Å²) < 4.78 is 0. The Bertz CT molecular complexity index is 350. The zero-order valence-electron chi connectivity index (χ0n) is 7.98. The molecule has 3 unspecified atom stereocenters. The van der Waals surface area contributed by atoms with Crippen molar-refractivity contribution < 1.29 is 4.79 Å². The van der Waals surface area contributed by atoms with Gasteiger partial charge >= 0.3 is 0 Å². The number of carbonyl (C=O) groups is 1. The molecule has 0 amide bonds. The highest BCUT2D eigenvalue weighted by molar-refractivity contribution is 8.06. The first-order valence-electron chi connectivity index (χ1n) is 5.16. The molecule has 3 atom stereocenters. The number of carbonyl (C=O) groups excluding carboxylic acids is 1. The third kappa shape index (κ3) is 1.21. The van der Waals surface area contributed by atoms with Crippen LogP contribution in [0.2, 0.25) is 0 Å². The molecule has 0 aromatic heterocycles. The lowest BCUT2D eigenvalue weighted by molar-refractivity contribution is 0.0996. The van der Waals surface area contributed by atoms with Gasteiger partial charge in [0.15, 0.2) is 5.25 Å². The first kappa shape index (κ1) is 8.54. The molecule has 72 valence electrons. The molecule has 3 rings (SSSR count). The van der Waals surface area contributed by atoms with Crippen molar-refractivity contribution in [1.29, 1.82) is 0 Å². The summed E-state index contributed by atoms with van der Waals surface area (Å²) in [5.41, 5.74) is 0.916. The number of Topliss-reactive ketones (excluding diaryl/α,β-unsaturated/α-hetero) is 1. The van der Waals surface area contributed by atoms with Crippen molar-refractivity contribution in [2.24, 2.45) is 0 Å². The van der Waals surface area contributed by atoms with Crippen molar-refractivity contribution in [3.63, 3.8) is 0 Å². The lowest BCUT2D eigenvalue weighted by atomic mass is 10.1. The third-order valence-corrected chi connectivity index (χ3v) is 6.09. The van der Waals surface area contributed by atoms with Crippen molar-refractivity contribution in [3.8, 4) is 0 Å². The minimum atomic E-state index is 0.402. The molecule has 0 saturated carbocycles. The van der Waals surface area contributed by atoms with Crippen LogP contribution in [-0.2, 0) is 10.9 Å². The second-order valence-corrected chi connectivity index (χ2v) is 6.47. The molecule has 2 aliphatic rings. The van der Waals surface area contributed by atoms with Crippen molar-refractivity contribution >= 4 is 16.7 Å². The molecule has 2 heteroatoms. The lowest BCUT2D eigenvalue weighted by Crippen LogP contribution is -2.13. The van der Waals surface area contributed by atoms with Crippen LogP contribution in [-0.4, -0.2) is 22.0 Å². The Balaban J connectivity index is 1.79. The molecule has 2 fully saturated rings. The van der Waals surface area contributed by atoms with Gasteiger partial charge in [0, 0.05) is 22.9 Å². The van der Waals surface area contributed by atoms with Crippen LogP contribution in [0.25, 0.3) is 0 Å². The van der Waals surface area contributed by atoms with Crippen LogP contribution in [0.4, 0.5) is 0 Å². The fourth-order valence-corrected chi connectivity index (χ4v) is 5.43. The topological polar surface area (TPSA) is 17.1 Å². The van der Waals surface area contributed by atoms with Gasteiger partial charge in [-0.05, 0) is 6.42 Å². The minimum absolute atomic E-state index is 0.402. The van der Waals surface area contributed by atoms with Crippen molar-refractivity contribution in [1.82, 2.24) is 0 Å². The highest BCUT2D eigenvalue weighted by atomic mass is 32.2. The quantitative estimate of drug-likeness (QED) is 0.410. The highest BCUT2D eigenvalue weighted by Crippen LogP contribution is 2.46. The Hall–Kier alpha value is -0.760. The Morgan fingerprint density at radius 1 is 1.29 bits per heavy atom. The molecule has 2 heterocycles. The number of hydrogen-bond donors (Lipinski definition) is 0. The Labute approximate surface area is 86.9 Å². The van der Waals surface area contributed by atoms with E-state index >= 15 is 0 Å². The van der Waals surface area contributed by atoms with Crippen molar-refractivity contribution in [2.75, 3.05) is 5.75 Å². The molecule has 14 heavy (non-hydrogen) atoms. The third-order valence-electron chi connectivity index (χ3n) is 3.16. The maximum absolute atomic E-state index is 12.0. The summed E-state index contributed by atoms with van der Waals surface area (Å²) in [5.74, 6) is 1.71. The zero-order chi connectivity index (χ0) is 9.54. The molecule has 1 aromatic carbocycles. The van der Waals surface area contributed by atoms with Gasteiger partial charge in [0.05, 0.1) is 0 Å². The van der Waals surface area contributed by atoms with Crippen LogP contribution in [0.3, 0.4) is 0 Å². The van der Waals surface area contributed by atoms with E-state index in [0.29, 0.717) is 21.9 Å². The summed E-state index contributed by atoms with van der Waals surface area (Å²) >= 11 is 0. The molecular formula is C12H13OS+. The average molecular weight is 205 g/mol. The van der Waals surface area contributed by atoms with Gasteiger partial charge in [-0.15, -0.1) is 0 Å². The van der Waals surface area contributed by atoms with E-state index in [2.05, 4.69) is 0 Å². The lowest BCUT2D eigenvalue weighted by Gasteiger charge is -1.95. The van der Waals surface area contributed by atoms with Crippen LogP contribution in [0.15, 0.2) is 30.3 Å². The van der Waals surface area contributed by atoms with E-state index in [1.165, 1.54) is 18.6 Å².